The maximum absolute atomic E-state index is 12.9. The van der Waals surface area contributed by atoms with E-state index in [1.165, 1.54) is 31.5 Å². The summed E-state index contributed by atoms with van der Waals surface area (Å²) in [5.41, 5.74) is 12.2. The number of rotatable bonds is 14. The first-order chi connectivity index (χ1) is 18.4. The lowest BCUT2D eigenvalue weighted by molar-refractivity contribution is -0.145. The highest BCUT2D eigenvalue weighted by molar-refractivity contribution is 5.90. The molecule has 0 saturated heterocycles. The largest absolute Gasteiger partial charge is 0.480 e. The summed E-state index contributed by atoms with van der Waals surface area (Å²) in [6.07, 6.45) is 2.01. The quantitative estimate of drug-likeness (QED) is 0.0500. The third-order valence-corrected chi connectivity index (χ3v) is 6.06. The van der Waals surface area contributed by atoms with Crippen LogP contribution < -0.4 is 27.4 Å². The van der Waals surface area contributed by atoms with E-state index in [9.17, 15) is 34.5 Å². The molecule has 0 aromatic carbocycles. The highest BCUT2D eigenvalue weighted by Crippen LogP contribution is 2.17. The molecular formula is C24H36N8O7. The number of carbonyl (C=O) groups is 4. The summed E-state index contributed by atoms with van der Waals surface area (Å²) in [6.45, 7) is 2.08. The highest BCUT2D eigenvalue weighted by Gasteiger charge is 2.30. The summed E-state index contributed by atoms with van der Waals surface area (Å²) in [6, 6.07) is -0.876. The van der Waals surface area contributed by atoms with E-state index in [1.807, 2.05) is 0 Å². The van der Waals surface area contributed by atoms with E-state index < -0.39 is 54.0 Å². The fourth-order valence-corrected chi connectivity index (χ4v) is 3.75. The number of hydrogen-bond acceptors (Lipinski definition) is 9. The molecule has 1 aliphatic heterocycles. The second-order valence-corrected chi connectivity index (χ2v) is 9.17. The first kappa shape index (κ1) is 31.1. The molecule has 0 radical (unpaired) electrons. The summed E-state index contributed by atoms with van der Waals surface area (Å²) < 4.78 is 0. The molecule has 5 unspecified atom stereocenters. The molecule has 5 atom stereocenters. The van der Waals surface area contributed by atoms with Crippen molar-refractivity contribution in [3.05, 3.63) is 41.7 Å². The first-order valence-corrected chi connectivity index (χ1v) is 12.3. The van der Waals surface area contributed by atoms with Crippen LogP contribution >= 0.6 is 0 Å². The molecule has 1 aromatic rings. The number of carboxylic acids is 1. The Bertz CT molecular complexity index is 1070. The van der Waals surface area contributed by atoms with E-state index in [4.69, 9.17) is 16.9 Å². The Morgan fingerprint density at radius 1 is 1.21 bits per heavy atom. The van der Waals surface area contributed by atoms with E-state index in [0.717, 1.165) is 5.57 Å². The van der Waals surface area contributed by atoms with Crippen molar-refractivity contribution in [3.63, 3.8) is 0 Å². The lowest BCUT2D eigenvalue weighted by Crippen LogP contribution is -2.54. The third-order valence-electron chi connectivity index (χ3n) is 6.06. The van der Waals surface area contributed by atoms with Crippen molar-refractivity contribution in [2.45, 2.75) is 56.5 Å². The summed E-state index contributed by atoms with van der Waals surface area (Å²) in [4.78, 5) is 54.6. The van der Waals surface area contributed by atoms with Gasteiger partial charge < -0.3 is 47.6 Å². The Hall–Kier alpha value is -4.08. The third kappa shape index (κ3) is 9.63. The molecule has 0 saturated carbocycles. The van der Waals surface area contributed by atoms with Crippen molar-refractivity contribution < 1.29 is 34.5 Å². The van der Waals surface area contributed by atoms with Crippen molar-refractivity contribution in [2.75, 3.05) is 19.6 Å². The van der Waals surface area contributed by atoms with Gasteiger partial charge in [-0.2, -0.15) is 0 Å². The number of hydrogen-bond donors (Lipinski definition) is 9. The molecule has 39 heavy (non-hydrogen) atoms. The van der Waals surface area contributed by atoms with Crippen LogP contribution in [0.5, 0.6) is 0 Å². The minimum atomic E-state index is -1.59. The van der Waals surface area contributed by atoms with Gasteiger partial charge in [0.2, 0.25) is 17.7 Å². The normalized spacial score (nSPS) is 16.7. The number of nitrogens with two attached hydrogens (primary N) is 2. The molecule has 0 spiro atoms. The lowest BCUT2D eigenvalue weighted by Gasteiger charge is -2.23. The van der Waals surface area contributed by atoms with Crippen LogP contribution in [-0.2, 0) is 19.2 Å². The Morgan fingerprint density at radius 3 is 2.49 bits per heavy atom. The number of carboxylic acid groups (broad SMARTS) is 1. The standard InChI is InChI=1S/C24H36N8O7/c1-13(33)18(25)22(37)30-16(10-14-6-9-32(12-14)24(26)27)21(36)29-8-3-5-17(34)31-19(23(38)39)20(35)15-4-2-7-28-11-15/h2,4,6-7,11,13,16,18-20,33,35H,3,5,8-10,12,25H2,1H3,(H3,26,27)(H,29,36)(H,30,37)(H,31,34)(H,38,39). The van der Waals surface area contributed by atoms with E-state index in [1.54, 1.807) is 11.0 Å². The predicted octanol–water partition coefficient (Wildman–Crippen LogP) is -2.70. The van der Waals surface area contributed by atoms with Crippen LogP contribution in [0, 0.1) is 5.41 Å². The molecular weight excluding hydrogens is 512 g/mol. The van der Waals surface area contributed by atoms with Crippen LogP contribution in [0.15, 0.2) is 36.2 Å². The van der Waals surface area contributed by atoms with Gasteiger partial charge in [0.1, 0.15) is 18.2 Å². The minimum Gasteiger partial charge on any atom is -0.480 e. The molecule has 15 heteroatoms. The summed E-state index contributed by atoms with van der Waals surface area (Å²) in [5, 5.41) is 44.3. The first-order valence-electron chi connectivity index (χ1n) is 12.3. The molecule has 1 aliphatic rings. The SMILES string of the molecule is CC(O)C(N)C(=O)NC(CC1=CCN(C(=N)N)C1)C(=O)NCCCC(=O)NC(C(=O)O)C(O)c1cccnc1. The van der Waals surface area contributed by atoms with Crippen LogP contribution in [0.2, 0.25) is 0 Å². The molecule has 0 aliphatic carbocycles. The number of amides is 3. The second kappa shape index (κ2) is 14.8. The number of aliphatic hydroxyl groups is 2. The smallest absolute Gasteiger partial charge is 0.329 e. The minimum absolute atomic E-state index is 0.0304. The number of aliphatic carboxylic acids is 1. The van der Waals surface area contributed by atoms with Crippen molar-refractivity contribution >= 4 is 29.7 Å². The van der Waals surface area contributed by atoms with Crippen LogP contribution in [0.4, 0.5) is 0 Å². The zero-order valence-corrected chi connectivity index (χ0v) is 21.5. The maximum atomic E-state index is 12.9. The molecule has 2 rings (SSSR count). The average molecular weight is 549 g/mol. The Kier molecular flexibility index (Phi) is 11.8. The number of pyridine rings is 1. The Balaban J connectivity index is 1.91. The van der Waals surface area contributed by atoms with Crippen LogP contribution in [0.25, 0.3) is 0 Å². The van der Waals surface area contributed by atoms with Gasteiger partial charge in [-0.1, -0.05) is 17.7 Å². The number of guanidine groups is 1. The number of nitrogens with one attached hydrogen (secondary N) is 4. The zero-order chi connectivity index (χ0) is 29.1. The van der Waals surface area contributed by atoms with Crippen molar-refractivity contribution in [2.24, 2.45) is 11.5 Å². The van der Waals surface area contributed by atoms with Gasteiger partial charge in [-0.25, -0.2) is 4.79 Å². The van der Waals surface area contributed by atoms with Crippen LogP contribution in [0.1, 0.15) is 37.9 Å². The molecule has 15 nitrogen and oxygen atoms in total. The molecule has 214 valence electrons. The fourth-order valence-electron chi connectivity index (χ4n) is 3.75. The average Bonchev–Trinajstić information content (AvgIpc) is 3.37. The summed E-state index contributed by atoms with van der Waals surface area (Å²) in [5.74, 6) is -3.48. The summed E-state index contributed by atoms with van der Waals surface area (Å²) in [7, 11) is 0. The number of nitrogens with zero attached hydrogens (tertiary/aromatic N) is 2. The fraction of sp³-hybridized carbons (Fsp3) is 0.500. The van der Waals surface area contributed by atoms with E-state index in [0.29, 0.717) is 13.1 Å². The zero-order valence-electron chi connectivity index (χ0n) is 21.5. The lowest BCUT2D eigenvalue weighted by atomic mass is 10.0. The highest BCUT2D eigenvalue weighted by atomic mass is 16.4. The van der Waals surface area contributed by atoms with E-state index in [-0.39, 0.29) is 37.3 Å². The molecule has 1 aromatic heterocycles. The van der Waals surface area contributed by atoms with Gasteiger partial charge in [-0.15, -0.1) is 0 Å². The number of carbonyl (C=O) groups excluding carboxylic acids is 3. The van der Waals surface area contributed by atoms with E-state index in [2.05, 4.69) is 20.9 Å². The second-order valence-electron chi connectivity index (χ2n) is 9.17. The molecule has 11 N–H and O–H groups in total. The summed E-state index contributed by atoms with van der Waals surface area (Å²) >= 11 is 0. The van der Waals surface area contributed by atoms with Crippen LogP contribution in [0.3, 0.4) is 0 Å². The molecule has 0 fully saturated rings. The molecule has 3 amide bonds. The van der Waals surface area contributed by atoms with Crippen LogP contribution in [-0.4, -0.2) is 98.7 Å². The topological polar surface area (TPSA) is 257 Å². The number of aromatic nitrogens is 1. The van der Waals surface area contributed by atoms with Gasteiger partial charge in [-0.3, -0.25) is 24.8 Å². The van der Waals surface area contributed by atoms with E-state index >= 15 is 0 Å². The number of aliphatic hydroxyl groups excluding tert-OH is 2. The molecule has 2 heterocycles. The van der Waals surface area contributed by atoms with Gasteiger partial charge in [0, 0.05) is 44.0 Å². The molecule has 0 bridgehead atoms. The van der Waals surface area contributed by atoms with Crippen molar-refractivity contribution in [3.8, 4) is 0 Å². The van der Waals surface area contributed by atoms with Crippen molar-refractivity contribution in [1.29, 1.82) is 5.41 Å². The van der Waals surface area contributed by atoms with Gasteiger partial charge in [0.05, 0.1) is 6.10 Å². The van der Waals surface area contributed by atoms with Gasteiger partial charge in [-0.05, 0) is 25.8 Å². The monoisotopic (exact) mass is 548 g/mol. The Morgan fingerprint density at radius 2 is 1.92 bits per heavy atom. The maximum Gasteiger partial charge on any atom is 0.329 e. The van der Waals surface area contributed by atoms with Crippen molar-refractivity contribution in [1.82, 2.24) is 25.8 Å². The van der Waals surface area contributed by atoms with Gasteiger partial charge in [0.15, 0.2) is 12.0 Å². The van der Waals surface area contributed by atoms with Gasteiger partial charge >= 0.3 is 5.97 Å². The Labute approximate surface area is 225 Å². The van der Waals surface area contributed by atoms with Gasteiger partial charge in [0.25, 0.3) is 0 Å². The predicted molar refractivity (Wildman–Crippen MR) is 139 cm³/mol.